The fraction of sp³-hybridized carbons (Fsp3) is 0.467. The van der Waals surface area contributed by atoms with Crippen molar-refractivity contribution in [1.82, 2.24) is 15.5 Å². The van der Waals surface area contributed by atoms with Crippen molar-refractivity contribution in [2.45, 2.75) is 33.2 Å². The number of aromatic nitrogens is 2. The SMILES string of the molecule is CCCNCc1nnc(NCCc2ccc(F)cc2C)o1. The predicted octanol–water partition coefficient (Wildman–Crippen LogP) is 2.67. The van der Waals surface area contributed by atoms with E-state index in [-0.39, 0.29) is 5.82 Å². The van der Waals surface area contributed by atoms with Crippen molar-refractivity contribution >= 4 is 6.01 Å². The number of nitrogens with one attached hydrogen (secondary N) is 2. The van der Waals surface area contributed by atoms with E-state index in [9.17, 15) is 4.39 Å². The molecule has 1 aromatic heterocycles. The second kappa shape index (κ2) is 7.73. The highest BCUT2D eigenvalue weighted by molar-refractivity contribution is 5.28. The Kier molecular flexibility index (Phi) is 5.68. The molecule has 0 atom stereocenters. The van der Waals surface area contributed by atoms with Gasteiger partial charge in [-0.15, -0.1) is 5.10 Å². The first-order valence-corrected chi connectivity index (χ1v) is 7.21. The number of nitrogens with zero attached hydrogens (tertiary/aromatic N) is 2. The summed E-state index contributed by atoms with van der Waals surface area (Å²) in [6.07, 6.45) is 1.84. The van der Waals surface area contributed by atoms with E-state index in [2.05, 4.69) is 27.8 Å². The Morgan fingerprint density at radius 1 is 1.24 bits per heavy atom. The lowest BCUT2D eigenvalue weighted by Gasteiger charge is -2.05. The monoisotopic (exact) mass is 292 g/mol. The van der Waals surface area contributed by atoms with Gasteiger partial charge in [0.05, 0.1) is 6.54 Å². The lowest BCUT2D eigenvalue weighted by molar-refractivity contribution is 0.477. The second-order valence-corrected chi connectivity index (χ2v) is 4.93. The molecule has 0 unspecified atom stereocenters. The van der Waals surface area contributed by atoms with Crippen molar-refractivity contribution in [2.24, 2.45) is 0 Å². The molecule has 1 aromatic carbocycles. The molecule has 2 rings (SSSR count). The van der Waals surface area contributed by atoms with Crippen molar-refractivity contribution in [3.63, 3.8) is 0 Å². The highest BCUT2D eigenvalue weighted by Gasteiger charge is 2.05. The summed E-state index contributed by atoms with van der Waals surface area (Å²) in [6.45, 7) is 6.18. The van der Waals surface area contributed by atoms with Gasteiger partial charge >= 0.3 is 6.01 Å². The molecular formula is C15H21FN4O. The fourth-order valence-corrected chi connectivity index (χ4v) is 2.01. The van der Waals surface area contributed by atoms with Gasteiger partial charge in [0, 0.05) is 6.54 Å². The predicted molar refractivity (Wildman–Crippen MR) is 79.6 cm³/mol. The number of rotatable bonds is 8. The average Bonchev–Trinajstić information content (AvgIpc) is 2.89. The van der Waals surface area contributed by atoms with Crippen LogP contribution in [-0.2, 0) is 13.0 Å². The van der Waals surface area contributed by atoms with Gasteiger partial charge in [0.25, 0.3) is 0 Å². The molecule has 6 heteroatoms. The standard InChI is InChI=1S/C15H21FN4O/c1-3-7-17-10-14-19-20-15(21-14)18-8-6-12-4-5-13(16)9-11(12)2/h4-5,9,17H,3,6-8,10H2,1-2H3,(H,18,20). The summed E-state index contributed by atoms with van der Waals surface area (Å²) >= 11 is 0. The second-order valence-electron chi connectivity index (χ2n) is 4.93. The molecule has 0 amide bonds. The molecule has 0 aliphatic carbocycles. The number of halogens is 1. The minimum absolute atomic E-state index is 0.203. The van der Waals surface area contributed by atoms with Crippen molar-refractivity contribution in [1.29, 1.82) is 0 Å². The van der Waals surface area contributed by atoms with Crippen molar-refractivity contribution < 1.29 is 8.81 Å². The maximum Gasteiger partial charge on any atom is 0.315 e. The summed E-state index contributed by atoms with van der Waals surface area (Å²) in [5, 5.41) is 14.2. The van der Waals surface area contributed by atoms with Gasteiger partial charge in [0.15, 0.2) is 0 Å². The van der Waals surface area contributed by atoms with Gasteiger partial charge in [-0.2, -0.15) is 0 Å². The zero-order valence-corrected chi connectivity index (χ0v) is 12.4. The number of hydrogen-bond acceptors (Lipinski definition) is 5. The van der Waals surface area contributed by atoms with E-state index in [1.807, 2.05) is 6.92 Å². The van der Waals surface area contributed by atoms with Crippen LogP contribution in [0.3, 0.4) is 0 Å². The highest BCUT2D eigenvalue weighted by Crippen LogP contribution is 2.11. The lowest BCUT2D eigenvalue weighted by atomic mass is 10.1. The van der Waals surface area contributed by atoms with Crippen LogP contribution in [0.15, 0.2) is 22.6 Å². The van der Waals surface area contributed by atoms with Crippen LogP contribution in [0.25, 0.3) is 0 Å². The molecule has 1 heterocycles. The van der Waals surface area contributed by atoms with Crippen LogP contribution in [0.5, 0.6) is 0 Å². The number of anilines is 1. The number of aryl methyl sites for hydroxylation is 1. The van der Waals surface area contributed by atoms with Crippen molar-refractivity contribution in [2.75, 3.05) is 18.4 Å². The molecule has 2 aromatic rings. The van der Waals surface area contributed by atoms with Crippen LogP contribution in [-0.4, -0.2) is 23.3 Å². The molecule has 2 N–H and O–H groups in total. The Hall–Kier alpha value is -1.95. The first-order valence-electron chi connectivity index (χ1n) is 7.21. The third-order valence-corrected chi connectivity index (χ3v) is 3.15. The molecule has 0 bridgehead atoms. The zero-order chi connectivity index (χ0) is 15.1. The van der Waals surface area contributed by atoms with E-state index >= 15 is 0 Å². The molecule has 0 saturated carbocycles. The highest BCUT2D eigenvalue weighted by atomic mass is 19.1. The molecule has 0 fully saturated rings. The maximum absolute atomic E-state index is 13.0. The average molecular weight is 292 g/mol. The molecule has 0 radical (unpaired) electrons. The smallest absolute Gasteiger partial charge is 0.315 e. The summed E-state index contributed by atoms with van der Waals surface area (Å²) in [5.41, 5.74) is 2.06. The van der Waals surface area contributed by atoms with Crippen molar-refractivity contribution in [3.05, 3.63) is 41.0 Å². The largest absolute Gasteiger partial charge is 0.407 e. The zero-order valence-electron chi connectivity index (χ0n) is 12.4. The normalized spacial score (nSPS) is 10.8. The van der Waals surface area contributed by atoms with Gasteiger partial charge in [-0.1, -0.05) is 18.1 Å². The van der Waals surface area contributed by atoms with Gasteiger partial charge < -0.3 is 15.1 Å². The van der Waals surface area contributed by atoms with Crippen LogP contribution in [0.4, 0.5) is 10.4 Å². The molecule has 5 nitrogen and oxygen atoms in total. The Balaban J connectivity index is 1.78. The van der Waals surface area contributed by atoms with Gasteiger partial charge in [0.1, 0.15) is 5.82 Å². The van der Waals surface area contributed by atoms with E-state index in [0.717, 1.165) is 30.5 Å². The summed E-state index contributed by atoms with van der Waals surface area (Å²) in [7, 11) is 0. The first-order chi connectivity index (χ1) is 10.2. The molecule has 0 aliphatic heterocycles. The van der Waals surface area contributed by atoms with Crippen molar-refractivity contribution in [3.8, 4) is 0 Å². The Morgan fingerprint density at radius 3 is 2.86 bits per heavy atom. The molecule has 21 heavy (non-hydrogen) atoms. The first kappa shape index (κ1) is 15.4. The maximum atomic E-state index is 13.0. The van der Waals surface area contributed by atoms with Crippen LogP contribution in [0.2, 0.25) is 0 Å². The Bertz CT molecular complexity index is 571. The van der Waals surface area contributed by atoms with E-state index in [1.54, 1.807) is 12.1 Å². The lowest BCUT2D eigenvalue weighted by Crippen LogP contribution is -2.13. The van der Waals surface area contributed by atoms with E-state index in [0.29, 0.717) is 25.0 Å². The molecule has 0 aliphatic rings. The van der Waals surface area contributed by atoms with Crippen LogP contribution < -0.4 is 10.6 Å². The topological polar surface area (TPSA) is 63.0 Å². The summed E-state index contributed by atoms with van der Waals surface area (Å²) < 4.78 is 18.5. The quantitative estimate of drug-likeness (QED) is 0.732. The molecule has 0 saturated heterocycles. The van der Waals surface area contributed by atoms with Crippen LogP contribution in [0, 0.1) is 12.7 Å². The minimum Gasteiger partial charge on any atom is -0.407 e. The van der Waals surface area contributed by atoms with Gasteiger partial charge in [0.2, 0.25) is 5.89 Å². The van der Waals surface area contributed by atoms with Crippen LogP contribution in [0.1, 0.15) is 30.4 Å². The Morgan fingerprint density at radius 2 is 2.10 bits per heavy atom. The van der Waals surface area contributed by atoms with Gasteiger partial charge in [-0.25, -0.2) is 4.39 Å². The van der Waals surface area contributed by atoms with Gasteiger partial charge in [-0.3, -0.25) is 0 Å². The molecule has 114 valence electrons. The van der Waals surface area contributed by atoms with Gasteiger partial charge in [-0.05, 0) is 49.6 Å². The number of hydrogen-bond donors (Lipinski definition) is 2. The minimum atomic E-state index is -0.203. The van der Waals surface area contributed by atoms with E-state index in [1.165, 1.54) is 6.07 Å². The summed E-state index contributed by atoms with van der Waals surface area (Å²) in [5.74, 6) is 0.370. The number of benzene rings is 1. The molecule has 0 spiro atoms. The Labute approximate surface area is 124 Å². The van der Waals surface area contributed by atoms with Crippen LogP contribution >= 0.6 is 0 Å². The summed E-state index contributed by atoms with van der Waals surface area (Å²) in [6, 6.07) is 5.25. The third-order valence-electron chi connectivity index (χ3n) is 3.15. The third kappa shape index (κ3) is 4.82. The molecular weight excluding hydrogens is 271 g/mol. The van der Waals surface area contributed by atoms with E-state index < -0.39 is 0 Å². The van der Waals surface area contributed by atoms with E-state index in [4.69, 9.17) is 4.42 Å². The fourth-order valence-electron chi connectivity index (χ4n) is 2.01. The summed E-state index contributed by atoms with van der Waals surface area (Å²) in [4.78, 5) is 0.